The highest BCUT2D eigenvalue weighted by Gasteiger charge is 1.93. The topological polar surface area (TPSA) is 20.2 Å². The molecule has 0 aromatic rings. The standard InChI is InChI=1S/C9H16O/c1-4-8(3)6-7-9(10)5-2/h5,10H,3-4,6-7H2,1-2H3/b9-5+. The molecule has 0 aliphatic rings. The Morgan fingerprint density at radius 1 is 1.50 bits per heavy atom. The van der Waals surface area contributed by atoms with Crippen LogP contribution in [0, 0.1) is 0 Å². The second-order valence-corrected chi connectivity index (χ2v) is 2.38. The molecule has 0 heterocycles. The summed E-state index contributed by atoms with van der Waals surface area (Å²) in [4.78, 5) is 0. The van der Waals surface area contributed by atoms with Crippen molar-refractivity contribution in [3.05, 3.63) is 24.0 Å². The van der Waals surface area contributed by atoms with Gasteiger partial charge in [0.25, 0.3) is 0 Å². The third kappa shape index (κ3) is 4.19. The molecule has 0 amide bonds. The van der Waals surface area contributed by atoms with E-state index in [0.29, 0.717) is 5.76 Å². The molecule has 58 valence electrons. The van der Waals surface area contributed by atoms with Crippen molar-refractivity contribution >= 4 is 0 Å². The first kappa shape index (κ1) is 9.28. The summed E-state index contributed by atoms with van der Waals surface area (Å²) in [6, 6.07) is 0. The number of hydrogen-bond acceptors (Lipinski definition) is 1. The van der Waals surface area contributed by atoms with Gasteiger partial charge in [0, 0.05) is 6.42 Å². The van der Waals surface area contributed by atoms with E-state index in [1.165, 1.54) is 5.57 Å². The third-order valence-electron chi connectivity index (χ3n) is 1.57. The van der Waals surface area contributed by atoms with Crippen molar-refractivity contribution < 1.29 is 5.11 Å². The predicted octanol–water partition coefficient (Wildman–Crippen LogP) is 3.19. The number of aliphatic hydroxyl groups excluding tert-OH is 1. The van der Waals surface area contributed by atoms with Crippen LogP contribution in [-0.4, -0.2) is 5.11 Å². The fraction of sp³-hybridized carbons (Fsp3) is 0.556. The van der Waals surface area contributed by atoms with Gasteiger partial charge in [-0.2, -0.15) is 0 Å². The lowest BCUT2D eigenvalue weighted by molar-refractivity contribution is 0.386. The van der Waals surface area contributed by atoms with Crippen molar-refractivity contribution in [1.82, 2.24) is 0 Å². The number of hydrogen-bond donors (Lipinski definition) is 1. The molecule has 0 unspecified atom stereocenters. The molecular weight excluding hydrogens is 124 g/mol. The summed E-state index contributed by atoms with van der Waals surface area (Å²) in [5, 5.41) is 9.02. The maximum absolute atomic E-state index is 9.02. The summed E-state index contributed by atoms with van der Waals surface area (Å²) in [7, 11) is 0. The van der Waals surface area contributed by atoms with Crippen LogP contribution in [0.1, 0.15) is 33.1 Å². The van der Waals surface area contributed by atoms with Crippen molar-refractivity contribution in [2.75, 3.05) is 0 Å². The summed E-state index contributed by atoms with van der Waals surface area (Å²) in [6.45, 7) is 7.76. The summed E-state index contributed by atoms with van der Waals surface area (Å²) in [6.07, 6.45) is 4.38. The van der Waals surface area contributed by atoms with Gasteiger partial charge in [-0.25, -0.2) is 0 Å². The lowest BCUT2D eigenvalue weighted by atomic mass is 10.1. The molecule has 10 heavy (non-hydrogen) atoms. The van der Waals surface area contributed by atoms with Crippen LogP contribution in [-0.2, 0) is 0 Å². The van der Waals surface area contributed by atoms with E-state index in [0.717, 1.165) is 19.3 Å². The van der Waals surface area contributed by atoms with E-state index in [2.05, 4.69) is 13.5 Å². The molecule has 0 aliphatic heterocycles. The van der Waals surface area contributed by atoms with E-state index in [1.807, 2.05) is 6.92 Å². The van der Waals surface area contributed by atoms with Gasteiger partial charge >= 0.3 is 0 Å². The van der Waals surface area contributed by atoms with Crippen molar-refractivity contribution in [3.63, 3.8) is 0 Å². The van der Waals surface area contributed by atoms with Crippen LogP contribution in [0.4, 0.5) is 0 Å². The Bertz CT molecular complexity index is 134. The lowest BCUT2D eigenvalue weighted by Gasteiger charge is -2.00. The van der Waals surface area contributed by atoms with Gasteiger partial charge in [-0.3, -0.25) is 0 Å². The molecule has 0 radical (unpaired) electrons. The largest absolute Gasteiger partial charge is 0.513 e. The molecule has 0 rings (SSSR count). The van der Waals surface area contributed by atoms with Gasteiger partial charge in [0.1, 0.15) is 0 Å². The van der Waals surface area contributed by atoms with Crippen LogP contribution in [0.2, 0.25) is 0 Å². The molecule has 0 fully saturated rings. The molecule has 1 N–H and O–H groups in total. The Morgan fingerprint density at radius 2 is 2.10 bits per heavy atom. The lowest BCUT2D eigenvalue weighted by Crippen LogP contribution is -1.83. The van der Waals surface area contributed by atoms with Crippen molar-refractivity contribution in [1.29, 1.82) is 0 Å². The molecule has 0 aromatic carbocycles. The fourth-order valence-electron chi connectivity index (χ4n) is 0.626. The Balaban J connectivity index is 3.45. The highest BCUT2D eigenvalue weighted by Crippen LogP contribution is 2.09. The minimum Gasteiger partial charge on any atom is -0.513 e. The van der Waals surface area contributed by atoms with E-state index in [-0.39, 0.29) is 0 Å². The van der Waals surface area contributed by atoms with Crippen LogP contribution in [0.5, 0.6) is 0 Å². The summed E-state index contributed by atoms with van der Waals surface area (Å²) >= 11 is 0. The number of allylic oxidation sites excluding steroid dienone is 3. The monoisotopic (exact) mass is 140 g/mol. The second-order valence-electron chi connectivity index (χ2n) is 2.38. The third-order valence-corrected chi connectivity index (χ3v) is 1.57. The molecule has 0 saturated carbocycles. The van der Waals surface area contributed by atoms with Crippen LogP contribution in [0.15, 0.2) is 24.0 Å². The van der Waals surface area contributed by atoms with Crippen molar-refractivity contribution in [2.45, 2.75) is 33.1 Å². The van der Waals surface area contributed by atoms with Crippen LogP contribution < -0.4 is 0 Å². The molecule has 1 nitrogen and oxygen atoms in total. The molecule has 1 heteroatoms. The quantitative estimate of drug-likeness (QED) is 0.469. The van der Waals surface area contributed by atoms with E-state index in [4.69, 9.17) is 5.11 Å². The second kappa shape index (κ2) is 5.10. The Kier molecular flexibility index (Phi) is 4.73. The predicted molar refractivity (Wildman–Crippen MR) is 45.1 cm³/mol. The molecule has 0 aromatic heterocycles. The zero-order valence-corrected chi connectivity index (χ0v) is 6.85. The highest BCUT2D eigenvalue weighted by molar-refractivity contribution is 4.98. The SMILES string of the molecule is C=C(CC)CC/C(O)=C\C. The van der Waals surface area contributed by atoms with Gasteiger partial charge in [0.15, 0.2) is 0 Å². The van der Waals surface area contributed by atoms with Crippen molar-refractivity contribution in [3.8, 4) is 0 Å². The number of aliphatic hydroxyl groups is 1. The first-order valence-corrected chi connectivity index (χ1v) is 3.71. The molecule has 0 saturated heterocycles. The van der Waals surface area contributed by atoms with Gasteiger partial charge < -0.3 is 5.11 Å². The van der Waals surface area contributed by atoms with Crippen molar-refractivity contribution in [2.24, 2.45) is 0 Å². The number of rotatable bonds is 4. The van der Waals surface area contributed by atoms with Gasteiger partial charge in [-0.05, 0) is 25.8 Å². The van der Waals surface area contributed by atoms with E-state index in [9.17, 15) is 0 Å². The minimum atomic E-state index is 0.467. The van der Waals surface area contributed by atoms with Gasteiger partial charge in [0.05, 0.1) is 5.76 Å². The maximum atomic E-state index is 9.02. The van der Waals surface area contributed by atoms with E-state index in [1.54, 1.807) is 6.08 Å². The fourth-order valence-corrected chi connectivity index (χ4v) is 0.626. The van der Waals surface area contributed by atoms with Gasteiger partial charge in [0.2, 0.25) is 0 Å². The van der Waals surface area contributed by atoms with E-state index >= 15 is 0 Å². The van der Waals surface area contributed by atoms with Crippen LogP contribution >= 0.6 is 0 Å². The molecule has 0 atom stereocenters. The summed E-state index contributed by atoms with van der Waals surface area (Å²) < 4.78 is 0. The van der Waals surface area contributed by atoms with Gasteiger partial charge in [-0.15, -0.1) is 0 Å². The van der Waals surface area contributed by atoms with E-state index < -0.39 is 0 Å². The Morgan fingerprint density at radius 3 is 2.50 bits per heavy atom. The molecule has 0 spiro atoms. The molecule has 0 aliphatic carbocycles. The maximum Gasteiger partial charge on any atom is 0.0883 e. The highest BCUT2D eigenvalue weighted by atomic mass is 16.3. The molecule has 0 bridgehead atoms. The minimum absolute atomic E-state index is 0.467. The Labute approximate surface area is 63.1 Å². The first-order chi connectivity index (χ1) is 4.70. The van der Waals surface area contributed by atoms with Crippen LogP contribution in [0.3, 0.4) is 0 Å². The van der Waals surface area contributed by atoms with Crippen LogP contribution in [0.25, 0.3) is 0 Å². The summed E-state index contributed by atoms with van der Waals surface area (Å²) in [5.41, 5.74) is 1.20. The molecular formula is C9H16O. The zero-order chi connectivity index (χ0) is 7.98. The first-order valence-electron chi connectivity index (χ1n) is 3.71. The Hall–Kier alpha value is -0.720. The average molecular weight is 140 g/mol. The summed E-state index contributed by atoms with van der Waals surface area (Å²) in [5.74, 6) is 0.467. The average Bonchev–Trinajstić information content (AvgIpc) is 1.99. The van der Waals surface area contributed by atoms with Gasteiger partial charge in [-0.1, -0.05) is 19.1 Å². The normalized spacial score (nSPS) is 11.6. The smallest absolute Gasteiger partial charge is 0.0883 e. The zero-order valence-electron chi connectivity index (χ0n) is 6.85.